The minimum Gasteiger partial charge on any atom is -0.324 e. The van der Waals surface area contributed by atoms with Gasteiger partial charge in [-0.15, -0.1) is 0 Å². The van der Waals surface area contributed by atoms with E-state index in [2.05, 4.69) is 19.9 Å². The third-order valence-electron chi connectivity index (χ3n) is 3.21. The molecule has 0 atom stereocenters. The maximum atomic E-state index is 12.3. The van der Waals surface area contributed by atoms with Crippen molar-refractivity contribution < 1.29 is 8.42 Å². The lowest BCUT2D eigenvalue weighted by Gasteiger charge is -2.23. The first-order chi connectivity index (χ1) is 9.79. The molecular formula is C14H22N4O2S. The van der Waals surface area contributed by atoms with Crippen molar-refractivity contribution in [3.05, 3.63) is 23.3 Å². The lowest BCUT2D eigenvalue weighted by molar-refractivity contribution is 0.403. The Labute approximate surface area is 126 Å². The van der Waals surface area contributed by atoms with Crippen molar-refractivity contribution >= 4 is 21.7 Å². The maximum Gasteiger partial charge on any atom is 0.266 e. The fourth-order valence-electron chi connectivity index (χ4n) is 2.38. The molecule has 0 unspecified atom stereocenters. The van der Waals surface area contributed by atoms with Gasteiger partial charge in [0, 0.05) is 6.54 Å². The van der Waals surface area contributed by atoms with Crippen LogP contribution in [0.4, 0.5) is 5.69 Å². The smallest absolute Gasteiger partial charge is 0.266 e. The van der Waals surface area contributed by atoms with E-state index in [0.717, 1.165) is 24.1 Å². The molecule has 0 amide bonds. The van der Waals surface area contributed by atoms with Crippen LogP contribution in [0.1, 0.15) is 17.5 Å². The zero-order valence-electron chi connectivity index (χ0n) is 12.9. The lowest BCUT2D eigenvalue weighted by atomic mass is 10.1. The third kappa shape index (κ3) is 3.74. The van der Waals surface area contributed by atoms with Crippen LogP contribution in [0.3, 0.4) is 0 Å². The number of fused-ring (bicyclic) bond motifs is 1. The molecular weight excluding hydrogens is 288 g/mol. The number of nitrogens with zero attached hydrogens (tertiary/aromatic N) is 2. The van der Waals surface area contributed by atoms with E-state index in [1.807, 2.05) is 33.2 Å². The molecule has 1 aromatic carbocycles. The number of nitrogens with one attached hydrogen (secondary N) is 2. The highest BCUT2D eigenvalue weighted by molar-refractivity contribution is 7.90. The molecule has 0 fully saturated rings. The minimum absolute atomic E-state index is 0.297. The van der Waals surface area contributed by atoms with Gasteiger partial charge in [0.05, 0.1) is 5.69 Å². The Kier molecular flexibility index (Phi) is 4.53. The highest BCUT2D eigenvalue weighted by Gasteiger charge is 2.28. The van der Waals surface area contributed by atoms with Gasteiger partial charge in [-0.05, 0) is 58.1 Å². The molecule has 2 rings (SSSR count). The summed E-state index contributed by atoms with van der Waals surface area (Å²) in [5, 5.41) is 3.07. The number of guanidine groups is 1. The van der Waals surface area contributed by atoms with Gasteiger partial charge in [-0.2, -0.15) is 0 Å². The van der Waals surface area contributed by atoms with Crippen LogP contribution in [-0.2, 0) is 10.0 Å². The summed E-state index contributed by atoms with van der Waals surface area (Å²) < 4.78 is 27.1. The summed E-state index contributed by atoms with van der Waals surface area (Å²) >= 11 is 0. The van der Waals surface area contributed by atoms with Crippen molar-refractivity contribution in [2.45, 2.75) is 25.2 Å². The first kappa shape index (κ1) is 15.8. The highest BCUT2D eigenvalue weighted by Crippen LogP contribution is 2.29. The normalized spacial score (nSPS) is 18.2. The van der Waals surface area contributed by atoms with Crippen molar-refractivity contribution in [2.75, 3.05) is 32.5 Å². The monoisotopic (exact) mass is 310 g/mol. The number of rotatable bonds is 4. The molecule has 1 aliphatic heterocycles. The van der Waals surface area contributed by atoms with E-state index in [1.165, 1.54) is 0 Å². The van der Waals surface area contributed by atoms with E-state index >= 15 is 0 Å². The Morgan fingerprint density at radius 1 is 1.24 bits per heavy atom. The van der Waals surface area contributed by atoms with Crippen LogP contribution < -0.4 is 10.0 Å². The SMILES string of the molecule is Cc1cc(C)c2c(c1)NC(=NCCCN(C)C)NS2(=O)=O. The quantitative estimate of drug-likeness (QED) is 0.823. The van der Waals surface area contributed by atoms with E-state index in [-0.39, 0.29) is 0 Å². The molecule has 0 bridgehead atoms. The van der Waals surface area contributed by atoms with Gasteiger partial charge < -0.3 is 10.2 Å². The molecule has 116 valence electrons. The van der Waals surface area contributed by atoms with Gasteiger partial charge in [0.1, 0.15) is 4.90 Å². The van der Waals surface area contributed by atoms with Gasteiger partial charge in [0.25, 0.3) is 10.0 Å². The maximum absolute atomic E-state index is 12.3. The van der Waals surface area contributed by atoms with Crippen LogP contribution in [0.25, 0.3) is 0 Å². The van der Waals surface area contributed by atoms with Gasteiger partial charge >= 0.3 is 0 Å². The second-order valence-electron chi connectivity index (χ2n) is 5.58. The average molecular weight is 310 g/mol. The Hall–Kier alpha value is -1.60. The number of aryl methyl sites for hydroxylation is 2. The number of aliphatic imine (C=N–C) groups is 1. The largest absolute Gasteiger partial charge is 0.324 e. The fraction of sp³-hybridized carbons (Fsp3) is 0.500. The van der Waals surface area contributed by atoms with E-state index in [9.17, 15) is 8.42 Å². The predicted octanol–water partition coefficient (Wildman–Crippen LogP) is 1.31. The zero-order valence-corrected chi connectivity index (χ0v) is 13.7. The Bertz CT molecular complexity index is 666. The van der Waals surface area contributed by atoms with Crippen molar-refractivity contribution in [1.82, 2.24) is 9.62 Å². The third-order valence-corrected chi connectivity index (χ3v) is 4.75. The van der Waals surface area contributed by atoms with E-state index in [0.29, 0.717) is 23.1 Å². The molecule has 0 saturated carbocycles. The molecule has 6 nitrogen and oxygen atoms in total. The van der Waals surface area contributed by atoms with Crippen molar-refractivity contribution in [3.63, 3.8) is 0 Å². The topological polar surface area (TPSA) is 73.8 Å². The number of sulfonamides is 1. The van der Waals surface area contributed by atoms with Gasteiger partial charge in [-0.25, -0.2) is 13.1 Å². The first-order valence-electron chi connectivity index (χ1n) is 6.90. The van der Waals surface area contributed by atoms with E-state index < -0.39 is 10.0 Å². The molecule has 1 aromatic rings. The molecule has 0 aromatic heterocycles. The second-order valence-corrected chi connectivity index (χ2v) is 7.20. The summed E-state index contributed by atoms with van der Waals surface area (Å²) in [6.07, 6.45) is 0.875. The second kappa shape index (κ2) is 6.03. The van der Waals surface area contributed by atoms with Gasteiger partial charge in [-0.1, -0.05) is 6.07 Å². The number of hydrogen-bond acceptors (Lipinski definition) is 4. The van der Waals surface area contributed by atoms with Crippen LogP contribution in [0.5, 0.6) is 0 Å². The van der Waals surface area contributed by atoms with Crippen LogP contribution >= 0.6 is 0 Å². The van der Waals surface area contributed by atoms with E-state index in [4.69, 9.17) is 0 Å². The first-order valence-corrected chi connectivity index (χ1v) is 8.38. The fourth-order valence-corrected chi connectivity index (χ4v) is 3.74. The van der Waals surface area contributed by atoms with Gasteiger partial charge in [0.2, 0.25) is 5.96 Å². The molecule has 2 N–H and O–H groups in total. The van der Waals surface area contributed by atoms with Crippen LogP contribution in [0, 0.1) is 13.8 Å². The lowest BCUT2D eigenvalue weighted by Crippen LogP contribution is -2.41. The Balaban J connectivity index is 2.23. The summed E-state index contributed by atoms with van der Waals surface area (Å²) in [4.78, 5) is 6.67. The standard InChI is InChI=1S/C14H22N4O2S/c1-10-8-11(2)13-12(9-10)16-14(17-21(13,19)20)15-6-5-7-18(3)4/h8-9H,5-7H2,1-4H3,(H2,15,16,17). The van der Waals surface area contributed by atoms with Crippen molar-refractivity contribution in [1.29, 1.82) is 0 Å². The molecule has 0 spiro atoms. The summed E-state index contributed by atoms with van der Waals surface area (Å²) in [5.41, 5.74) is 2.34. The minimum atomic E-state index is -3.55. The number of hydrogen-bond donors (Lipinski definition) is 2. The summed E-state index contributed by atoms with van der Waals surface area (Å²) in [6.45, 7) is 5.23. The molecule has 21 heavy (non-hydrogen) atoms. The molecule has 7 heteroatoms. The molecule has 0 saturated heterocycles. The van der Waals surface area contributed by atoms with Crippen LogP contribution in [0.15, 0.2) is 22.0 Å². The Morgan fingerprint density at radius 2 is 1.95 bits per heavy atom. The van der Waals surface area contributed by atoms with Gasteiger partial charge in [0.15, 0.2) is 0 Å². The predicted molar refractivity (Wildman–Crippen MR) is 85.3 cm³/mol. The zero-order chi connectivity index (χ0) is 15.6. The molecule has 0 radical (unpaired) electrons. The van der Waals surface area contributed by atoms with Crippen molar-refractivity contribution in [3.8, 4) is 0 Å². The van der Waals surface area contributed by atoms with Crippen molar-refractivity contribution in [2.24, 2.45) is 4.99 Å². The van der Waals surface area contributed by atoms with Crippen LogP contribution in [-0.4, -0.2) is 46.5 Å². The summed E-state index contributed by atoms with van der Waals surface area (Å²) in [6, 6.07) is 3.69. The highest BCUT2D eigenvalue weighted by atomic mass is 32.2. The Morgan fingerprint density at radius 3 is 2.62 bits per heavy atom. The average Bonchev–Trinajstić information content (AvgIpc) is 2.31. The number of benzene rings is 1. The molecule has 0 aliphatic carbocycles. The van der Waals surface area contributed by atoms with E-state index in [1.54, 1.807) is 6.92 Å². The van der Waals surface area contributed by atoms with Crippen LogP contribution in [0.2, 0.25) is 0 Å². The van der Waals surface area contributed by atoms with Gasteiger partial charge in [-0.3, -0.25) is 4.99 Å². The summed E-state index contributed by atoms with van der Waals surface area (Å²) in [7, 11) is 0.447. The number of anilines is 1. The molecule has 1 aliphatic rings. The summed E-state index contributed by atoms with van der Waals surface area (Å²) in [5.74, 6) is 0.297. The molecule has 1 heterocycles.